The van der Waals surface area contributed by atoms with Crippen molar-refractivity contribution in [3.8, 4) is 0 Å². The van der Waals surface area contributed by atoms with Gasteiger partial charge >= 0.3 is 0 Å². The fourth-order valence-electron chi connectivity index (χ4n) is 2.10. The van der Waals surface area contributed by atoms with Crippen molar-refractivity contribution in [2.75, 3.05) is 6.54 Å². The molecule has 1 amide bonds. The first-order chi connectivity index (χ1) is 7.83. The third-order valence-electron chi connectivity index (χ3n) is 3.35. The van der Waals surface area contributed by atoms with E-state index in [-0.39, 0.29) is 18.3 Å². The first-order valence-electron chi connectivity index (χ1n) is 5.93. The lowest BCUT2D eigenvalue weighted by Gasteiger charge is -2.05. The van der Waals surface area contributed by atoms with E-state index >= 15 is 0 Å². The average Bonchev–Trinajstić information content (AvgIpc) is 3.01. The van der Waals surface area contributed by atoms with Gasteiger partial charge in [0.25, 0.3) is 5.91 Å². The SMILES string of the molecule is Cl.O=C(NCC1CC1)c1ccc2c(c1)CNC2. The standard InChI is InChI=1S/C13H16N2O.ClH/c16-13(15-6-9-1-2-9)10-3-4-11-7-14-8-12(11)5-10;/h3-5,9,14H,1-2,6-8H2,(H,15,16);1H. The molecule has 3 rings (SSSR count). The molecule has 92 valence electrons. The van der Waals surface area contributed by atoms with E-state index in [9.17, 15) is 4.79 Å². The minimum Gasteiger partial charge on any atom is -0.352 e. The molecule has 1 aromatic rings. The summed E-state index contributed by atoms with van der Waals surface area (Å²) >= 11 is 0. The molecule has 0 aromatic heterocycles. The molecule has 2 aliphatic rings. The summed E-state index contributed by atoms with van der Waals surface area (Å²) in [5.74, 6) is 0.807. The lowest BCUT2D eigenvalue weighted by Crippen LogP contribution is -2.25. The van der Waals surface area contributed by atoms with E-state index in [2.05, 4.69) is 16.7 Å². The van der Waals surface area contributed by atoms with Crippen LogP contribution in [-0.2, 0) is 13.1 Å². The van der Waals surface area contributed by atoms with Crippen LogP contribution in [0.1, 0.15) is 34.3 Å². The van der Waals surface area contributed by atoms with Crippen molar-refractivity contribution in [3.63, 3.8) is 0 Å². The van der Waals surface area contributed by atoms with Crippen molar-refractivity contribution < 1.29 is 4.79 Å². The zero-order chi connectivity index (χ0) is 11.0. The van der Waals surface area contributed by atoms with E-state index in [0.29, 0.717) is 0 Å². The van der Waals surface area contributed by atoms with Gasteiger partial charge in [-0.15, -0.1) is 12.4 Å². The first-order valence-corrected chi connectivity index (χ1v) is 5.93. The predicted molar refractivity (Wildman–Crippen MR) is 69.3 cm³/mol. The van der Waals surface area contributed by atoms with E-state index in [0.717, 1.165) is 31.1 Å². The van der Waals surface area contributed by atoms with Gasteiger partial charge in [0.2, 0.25) is 0 Å². The zero-order valence-electron chi connectivity index (χ0n) is 9.66. The monoisotopic (exact) mass is 252 g/mol. The zero-order valence-corrected chi connectivity index (χ0v) is 10.5. The largest absolute Gasteiger partial charge is 0.352 e. The Bertz CT molecular complexity index is 429. The molecule has 1 fully saturated rings. The molecule has 4 heteroatoms. The summed E-state index contributed by atoms with van der Waals surface area (Å²) in [4.78, 5) is 11.8. The van der Waals surface area contributed by atoms with Gasteiger partial charge in [-0.3, -0.25) is 4.79 Å². The van der Waals surface area contributed by atoms with E-state index in [1.54, 1.807) is 0 Å². The van der Waals surface area contributed by atoms with Crippen LogP contribution in [0.5, 0.6) is 0 Å². The lowest BCUT2D eigenvalue weighted by molar-refractivity contribution is 0.0951. The Morgan fingerprint density at radius 2 is 2.06 bits per heavy atom. The number of amides is 1. The van der Waals surface area contributed by atoms with Crippen LogP contribution >= 0.6 is 12.4 Å². The summed E-state index contributed by atoms with van der Waals surface area (Å²) in [7, 11) is 0. The van der Waals surface area contributed by atoms with Gasteiger partial charge in [-0.05, 0) is 42.0 Å². The number of rotatable bonds is 3. The Hall–Kier alpha value is -1.06. The van der Waals surface area contributed by atoms with Gasteiger partial charge in [-0.25, -0.2) is 0 Å². The van der Waals surface area contributed by atoms with Crippen molar-refractivity contribution in [2.45, 2.75) is 25.9 Å². The van der Waals surface area contributed by atoms with Crippen LogP contribution in [0.4, 0.5) is 0 Å². The van der Waals surface area contributed by atoms with Crippen LogP contribution < -0.4 is 10.6 Å². The maximum Gasteiger partial charge on any atom is 0.251 e. The molecule has 1 heterocycles. The normalized spacial score (nSPS) is 17.2. The molecule has 3 nitrogen and oxygen atoms in total. The van der Waals surface area contributed by atoms with Gasteiger partial charge in [-0.2, -0.15) is 0 Å². The highest BCUT2D eigenvalue weighted by Crippen LogP contribution is 2.27. The summed E-state index contributed by atoms with van der Waals surface area (Å²) in [5, 5.41) is 6.28. The predicted octanol–water partition coefficient (Wildman–Crippen LogP) is 1.85. The minimum atomic E-state index is 0. The molecule has 0 radical (unpaired) electrons. The number of hydrogen-bond donors (Lipinski definition) is 2. The van der Waals surface area contributed by atoms with E-state index in [1.807, 2.05) is 12.1 Å². The molecule has 1 aliphatic heterocycles. The molecule has 1 aromatic carbocycles. The quantitative estimate of drug-likeness (QED) is 0.862. The first kappa shape index (κ1) is 12.4. The van der Waals surface area contributed by atoms with Crippen LogP contribution in [0.3, 0.4) is 0 Å². The highest BCUT2D eigenvalue weighted by atomic mass is 35.5. The summed E-state index contributed by atoms with van der Waals surface area (Å²) < 4.78 is 0. The smallest absolute Gasteiger partial charge is 0.251 e. The van der Waals surface area contributed by atoms with Gasteiger partial charge in [0, 0.05) is 25.2 Å². The number of fused-ring (bicyclic) bond motifs is 1. The number of nitrogens with one attached hydrogen (secondary N) is 2. The Labute approximate surface area is 107 Å². The molecular formula is C13H17ClN2O. The number of hydrogen-bond acceptors (Lipinski definition) is 2. The van der Waals surface area contributed by atoms with E-state index < -0.39 is 0 Å². The van der Waals surface area contributed by atoms with Crippen molar-refractivity contribution >= 4 is 18.3 Å². The van der Waals surface area contributed by atoms with Crippen molar-refractivity contribution in [3.05, 3.63) is 34.9 Å². The van der Waals surface area contributed by atoms with Crippen LogP contribution in [0.15, 0.2) is 18.2 Å². The minimum absolute atomic E-state index is 0. The van der Waals surface area contributed by atoms with Gasteiger partial charge in [-0.1, -0.05) is 6.07 Å². The molecule has 0 spiro atoms. The summed E-state index contributed by atoms with van der Waals surface area (Å²) in [6.07, 6.45) is 2.54. The van der Waals surface area contributed by atoms with Crippen molar-refractivity contribution in [1.29, 1.82) is 0 Å². The maximum absolute atomic E-state index is 11.8. The second-order valence-corrected chi connectivity index (χ2v) is 4.74. The average molecular weight is 253 g/mol. The Balaban J connectivity index is 0.00000108. The van der Waals surface area contributed by atoms with E-state index in [4.69, 9.17) is 0 Å². The van der Waals surface area contributed by atoms with Crippen LogP contribution in [0.25, 0.3) is 0 Å². The highest BCUT2D eigenvalue weighted by Gasteiger charge is 2.22. The van der Waals surface area contributed by atoms with Crippen LogP contribution in [0, 0.1) is 5.92 Å². The molecule has 2 N–H and O–H groups in total. The van der Waals surface area contributed by atoms with Crippen molar-refractivity contribution in [1.82, 2.24) is 10.6 Å². The molecule has 0 unspecified atom stereocenters. The van der Waals surface area contributed by atoms with Gasteiger partial charge in [0.15, 0.2) is 0 Å². The summed E-state index contributed by atoms with van der Waals surface area (Å²) in [6.45, 7) is 2.66. The fourth-order valence-corrected chi connectivity index (χ4v) is 2.10. The molecule has 0 bridgehead atoms. The molecular weight excluding hydrogens is 236 g/mol. The maximum atomic E-state index is 11.8. The molecule has 1 aliphatic carbocycles. The van der Waals surface area contributed by atoms with Gasteiger partial charge < -0.3 is 10.6 Å². The summed E-state index contributed by atoms with van der Waals surface area (Å²) in [5.41, 5.74) is 3.38. The molecule has 1 saturated carbocycles. The Morgan fingerprint density at radius 1 is 1.29 bits per heavy atom. The number of halogens is 1. The number of carbonyl (C=O) groups is 1. The topological polar surface area (TPSA) is 41.1 Å². The van der Waals surface area contributed by atoms with Crippen LogP contribution in [0.2, 0.25) is 0 Å². The second kappa shape index (κ2) is 5.07. The van der Waals surface area contributed by atoms with E-state index in [1.165, 1.54) is 24.0 Å². The molecule has 0 atom stereocenters. The fraction of sp³-hybridized carbons (Fsp3) is 0.462. The summed E-state index contributed by atoms with van der Waals surface area (Å²) in [6, 6.07) is 5.99. The Morgan fingerprint density at radius 3 is 2.82 bits per heavy atom. The highest BCUT2D eigenvalue weighted by molar-refractivity contribution is 5.94. The Kier molecular flexibility index (Phi) is 3.69. The van der Waals surface area contributed by atoms with Crippen molar-refractivity contribution in [2.24, 2.45) is 5.92 Å². The lowest BCUT2D eigenvalue weighted by atomic mass is 10.1. The molecule has 17 heavy (non-hydrogen) atoms. The third kappa shape index (κ3) is 2.79. The third-order valence-corrected chi connectivity index (χ3v) is 3.35. The van der Waals surface area contributed by atoms with Gasteiger partial charge in [0.05, 0.1) is 0 Å². The van der Waals surface area contributed by atoms with Crippen LogP contribution in [-0.4, -0.2) is 12.5 Å². The second-order valence-electron chi connectivity index (χ2n) is 4.74. The van der Waals surface area contributed by atoms with Gasteiger partial charge in [0.1, 0.15) is 0 Å². The number of carbonyl (C=O) groups excluding carboxylic acids is 1. The number of benzene rings is 1. The molecule has 0 saturated heterocycles.